The number of aliphatic hydroxyl groups is 1. The van der Waals surface area contributed by atoms with Gasteiger partial charge in [-0.05, 0) is 5.41 Å². The summed E-state index contributed by atoms with van der Waals surface area (Å²) >= 11 is 0. The predicted octanol–water partition coefficient (Wildman–Crippen LogP) is 1.18. The molecule has 2 heterocycles. The van der Waals surface area contributed by atoms with E-state index in [9.17, 15) is 5.11 Å². The Morgan fingerprint density at radius 1 is 1.39 bits per heavy atom. The highest BCUT2D eigenvalue weighted by Gasteiger charge is 2.22. The minimum atomic E-state index is -0.445. The van der Waals surface area contributed by atoms with Gasteiger partial charge in [0, 0.05) is 13.6 Å². The second-order valence-electron chi connectivity index (χ2n) is 5.49. The number of nitrogens with zero attached hydrogens (tertiary/aromatic N) is 4. The van der Waals surface area contributed by atoms with Crippen LogP contribution in [0.5, 0.6) is 0 Å². The molecule has 0 aliphatic carbocycles. The highest BCUT2D eigenvalue weighted by atomic mass is 16.3. The summed E-state index contributed by atoms with van der Waals surface area (Å²) in [5.41, 5.74) is 0.617. The Kier molecular flexibility index (Phi) is 3.21. The summed E-state index contributed by atoms with van der Waals surface area (Å²) in [6, 6.07) is 0. The van der Waals surface area contributed by atoms with Crippen molar-refractivity contribution in [2.45, 2.75) is 26.9 Å². The highest BCUT2D eigenvalue weighted by molar-refractivity contribution is 5.85. The number of rotatable bonds is 3. The Morgan fingerprint density at radius 3 is 2.78 bits per heavy atom. The summed E-state index contributed by atoms with van der Waals surface area (Å²) in [5, 5.41) is 18.2. The molecule has 0 fully saturated rings. The van der Waals surface area contributed by atoms with Crippen molar-refractivity contribution in [1.82, 2.24) is 19.7 Å². The Hall–Kier alpha value is -1.69. The van der Waals surface area contributed by atoms with E-state index in [2.05, 4.69) is 20.4 Å². The van der Waals surface area contributed by atoms with Crippen LogP contribution in [0.3, 0.4) is 0 Å². The minimum absolute atomic E-state index is 0.159. The fourth-order valence-electron chi connectivity index (χ4n) is 1.60. The molecule has 2 aromatic rings. The molecule has 1 unspecified atom stereocenters. The second-order valence-corrected chi connectivity index (χ2v) is 5.49. The number of hydrogen-bond donors (Lipinski definition) is 2. The first-order valence-corrected chi connectivity index (χ1v) is 5.94. The van der Waals surface area contributed by atoms with Crippen LogP contribution in [0.4, 0.5) is 5.82 Å². The summed E-state index contributed by atoms with van der Waals surface area (Å²) in [5.74, 6) is 0.705. The predicted molar refractivity (Wildman–Crippen MR) is 70.3 cm³/mol. The Bertz CT molecular complexity index is 543. The average Bonchev–Trinajstić information content (AvgIpc) is 2.67. The van der Waals surface area contributed by atoms with Gasteiger partial charge in [0.1, 0.15) is 12.1 Å². The largest absolute Gasteiger partial charge is 0.391 e. The average molecular weight is 249 g/mol. The summed E-state index contributed by atoms with van der Waals surface area (Å²) in [4.78, 5) is 8.35. The van der Waals surface area contributed by atoms with Crippen LogP contribution in [0, 0.1) is 5.41 Å². The lowest BCUT2D eigenvalue weighted by Gasteiger charge is -2.26. The maximum absolute atomic E-state index is 10.00. The van der Waals surface area contributed by atoms with Gasteiger partial charge in [-0.3, -0.25) is 4.68 Å². The molecule has 6 heteroatoms. The summed E-state index contributed by atoms with van der Waals surface area (Å²) in [6.45, 7) is 6.45. The van der Waals surface area contributed by atoms with Gasteiger partial charge in [-0.2, -0.15) is 5.10 Å². The van der Waals surface area contributed by atoms with Crippen LogP contribution >= 0.6 is 0 Å². The molecule has 18 heavy (non-hydrogen) atoms. The van der Waals surface area contributed by atoms with E-state index in [1.54, 1.807) is 10.9 Å². The van der Waals surface area contributed by atoms with Crippen LogP contribution in [0.25, 0.3) is 11.0 Å². The van der Waals surface area contributed by atoms with Crippen LogP contribution in [-0.2, 0) is 7.05 Å². The first-order chi connectivity index (χ1) is 8.39. The SMILES string of the molecule is Cn1ncc2c(NCC(O)C(C)(C)C)ncnc21. The fourth-order valence-corrected chi connectivity index (χ4v) is 1.60. The molecule has 0 bridgehead atoms. The molecule has 2 rings (SSSR count). The molecule has 1 atom stereocenters. The maximum atomic E-state index is 10.00. The Morgan fingerprint density at radius 2 is 2.11 bits per heavy atom. The van der Waals surface area contributed by atoms with Crippen molar-refractivity contribution in [2.75, 3.05) is 11.9 Å². The summed E-state index contributed by atoms with van der Waals surface area (Å²) < 4.78 is 1.70. The number of aromatic nitrogens is 4. The number of fused-ring (bicyclic) bond motifs is 1. The molecule has 0 aliphatic heterocycles. The van der Waals surface area contributed by atoms with E-state index in [0.717, 1.165) is 11.0 Å². The summed E-state index contributed by atoms with van der Waals surface area (Å²) in [7, 11) is 1.84. The van der Waals surface area contributed by atoms with Crippen molar-refractivity contribution in [2.24, 2.45) is 12.5 Å². The molecular formula is C12H19N5O. The van der Waals surface area contributed by atoms with Crippen molar-refractivity contribution in [3.8, 4) is 0 Å². The van der Waals surface area contributed by atoms with Gasteiger partial charge < -0.3 is 10.4 Å². The van der Waals surface area contributed by atoms with Gasteiger partial charge in [-0.1, -0.05) is 20.8 Å². The van der Waals surface area contributed by atoms with Crippen LogP contribution in [0.15, 0.2) is 12.5 Å². The fraction of sp³-hybridized carbons (Fsp3) is 0.583. The van der Waals surface area contributed by atoms with E-state index in [4.69, 9.17) is 0 Å². The molecule has 2 aromatic heterocycles. The Labute approximate surface area is 106 Å². The number of anilines is 1. The van der Waals surface area contributed by atoms with Crippen molar-refractivity contribution < 1.29 is 5.11 Å². The van der Waals surface area contributed by atoms with Gasteiger partial charge in [0.15, 0.2) is 5.65 Å². The molecule has 98 valence electrons. The molecule has 0 saturated carbocycles. The molecule has 0 amide bonds. The topological polar surface area (TPSA) is 75.9 Å². The molecule has 0 aliphatic rings. The Balaban J connectivity index is 2.18. The third-order valence-electron chi connectivity index (χ3n) is 2.99. The third kappa shape index (κ3) is 2.43. The lowest BCUT2D eigenvalue weighted by Crippen LogP contribution is -2.33. The van der Waals surface area contributed by atoms with Gasteiger partial charge in [-0.25, -0.2) is 9.97 Å². The maximum Gasteiger partial charge on any atom is 0.163 e. The van der Waals surface area contributed by atoms with Crippen molar-refractivity contribution in [3.05, 3.63) is 12.5 Å². The lowest BCUT2D eigenvalue weighted by molar-refractivity contribution is 0.0745. The van der Waals surface area contributed by atoms with E-state index >= 15 is 0 Å². The molecule has 0 saturated heterocycles. The van der Waals surface area contributed by atoms with Gasteiger partial charge in [0.25, 0.3) is 0 Å². The molecule has 0 aromatic carbocycles. The monoisotopic (exact) mass is 249 g/mol. The van der Waals surface area contributed by atoms with E-state index in [1.807, 2.05) is 27.8 Å². The van der Waals surface area contributed by atoms with Crippen molar-refractivity contribution in [1.29, 1.82) is 0 Å². The van der Waals surface area contributed by atoms with Crippen LogP contribution in [0.1, 0.15) is 20.8 Å². The third-order valence-corrected chi connectivity index (χ3v) is 2.99. The second kappa shape index (κ2) is 4.53. The number of hydrogen-bond acceptors (Lipinski definition) is 5. The minimum Gasteiger partial charge on any atom is -0.391 e. The first kappa shape index (κ1) is 12.8. The van der Waals surface area contributed by atoms with E-state index in [0.29, 0.717) is 12.4 Å². The highest BCUT2D eigenvalue weighted by Crippen LogP contribution is 2.21. The van der Waals surface area contributed by atoms with Crippen LogP contribution < -0.4 is 5.32 Å². The molecule has 0 spiro atoms. The lowest BCUT2D eigenvalue weighted by atomic mass is 9.89. The van der Waals surface area contributed by atoms with Gasteiger partial charge in [-0.15, -0.1) is 0 Å². The molecule has 6 nitrogen and oxygen atoms in total. The normalized spacial score (nSPS) is 13.8. The van der Waals surface area contributed by atoms with E-state index in [-0.39, 0.29) is 5.41 Å². The number of aliphatic hydroxyl groups excluding tert-OH is 1. The zero-order valence-electron chi connectivity index (χ0n) is 11.2. The zero-order chi connectivity index (χ0) is 13.3. The van der Waals surface area contributed by atoms with E-state index in [1.165, 1.54) is 6.33 Å². The first-order valence-electron chi connectivity index (χ1n) is 5.94. The van der Waals surface area contributed by atoms with Crippen molar-refractivity contribution in [3.63, 3.8) is 0 Å². The quantitative estimate of drug-likeness (QED) is 0.854. The van der Waals surface area contributed by atoms with Gasteiger partial charge in [0.05, 0.1) is 17.7 Å². The zero-order valence-corrected chi connectivity index (χ0v) is 11.2. The number of nitrogens with one attached hydrogen (secondary N) is 1. The summed E-state index contributed by atoms with van der Waals surface area (Å²) in [6.07, 6.45) is 2.77. The van der Waals surface area contributed by atoms with E-state index < -0.39 is 6.10 Å². The van der Waals surface area contributed by atoms with Crippen molar-refractivity contribution >= 4 is 16.9 Å². The molecular weight excluding hydrogens is 230 g/mol. The number of aryl methyl sites for hydroxylation is 1. The van der Waals surface area contributed by atoms with Crippen LogP contribution in [-0.4, -0.2) is 37.5 Å². The smallest absolute Gasteiger partial charge is 0.163 e. The van der Waals surface area contributed by atoms with Gasteiger partial charge >= 0.3 is 0 Å². The van der Waals surface area contributed by atoms with Crippen LogP contribution in [0.2, 0.25) is 0 Å². The van der Waals surface area contributed by atoms with Gasteiger partial charge in [0.2, 0.25) is 0 Å². The molecule has 2 N–H and O–H groups in total. The standard InChI is InChI=1S/C12H19N5O/c1-12(2,3)9(18)6-13-10-8-5-16-17(4)11(8)15-7-14-10/h5,7,9,18H,6H2,1-4H3,(H,13,14,15). The molecule has 0 radical (unpaired) electrons.